The smallest absolute Gasteiger partial charge is 0.150 e. The minimum absolute atomic E-state index is 0.172. The molecule has 0 bridgehead atoms. The predicted molar refractivity (Wildman–Crippen MR) is 75.3 cm³/mol. The molecule has 0 saturated heterocycles. The molecule has 1 N–H and O–H groups in total. The number of hydrogen-bond acceptors (Lipinski definition) is 3. The van der Waals surface area contributed by atoms with Gasteiger partial charge in [-0.25, -0.2) is 8.42 Å². The van der Waals surface area contributed by atoms with Crippen LogP contribution in [0.5, 0.6) is 0 Å². The monoisotopic (exact) mass is 276 g/mol. The zero-order valence-electron chi connectivity index (χ0n) is 11.9. The summed E-state index contributed by atoms with van der Waals surface area (Å²) in [6.45, 7) is 4.24. The van der Waals surface area contributed by atoms with Crippen LogP contribution in [0.2, 0.25) is 0 Å². The van der Waals surface area contributed by atoms with Gasteiger partial charge in [0.2, 0.25) is 0 Å². The summed E-state index contributed by atoms with van der Waals surface area (Å²) in [6, 6.07) is 0. The fourth-order valence-electron chi connectivity index (χ4n) is 3.04. The highest BCUT2D eigenvalue weighted by molar-refractivity contribution is 7.91. The number of aliphatic hydroxyl groups excluding tert-OH is 1. The van der Waals surface area contributed by atoms with Gasteiger partial charge in [0, 0.05) is 6.26 Å². The quantitative estimate of drug-likeness (QED) is 0.811. The van der Waals surface area contributed by atoms with Crippen LogP contribution in [-0.4, -0.2) is 31.1 Å². The van der Waals surface area contributed by atoms with Crippen molar-refractivity contribution in [2.75, 3.05) is 6.26 Å². The molecule has 4 heteroatoms. The van der Waals surface area contributed by atoms with E-state index in [1.165, 1.54) is 6.26 Å². The van der Waals surface area contributed by atoms with Crippen molar-refractivity contribution < 1.29 is 13.5 Å². The van der Waals surface area contributed by atoms with Crippen LogP contribution in [0.1, 0.15) is 58.8 Å². The first-order valence-electron chi connectivity index (χ1n) is 7.23. The van der Waals surface area contributed by atoms with Gasteiger partial charge in [0.15, 0.2) is 0 Å². The molecule has 0 aromatic carbocycles. The molecular formula is C14H28O3S. The molecule has 1 saturated carbocycles. The SMILES string of the molecule is CCCCC(C)C(O)C1CCCC(S(C)(=O)=O)C1. The molecule has 1 aliphatic rings. The first kappa shape index (κ1) is 16.0. The van der Waals surface area contributed by atoms with Crippen LogP contribution in [-0.2, 0) is 9.84 Å². The lowest BCUT2D eigenvalue weighted by atomic mass is 9.79. The van der Waals surface area contributed by atoms with E-state index < -0.39 is 9.84 Å². The minimum atomic E-state index is -2.95. The third-order valence-electron chi connectivity index (χ3n) is 4.35. The van der Waals surface area contributed by atoms with E-state index >= 15 is 0 Å². The van der Waals surface area contributed by atoms with Crippen LogP contribution < -0.4 is 0 Å². The number of hydrogen-bond donors (Lipinski definition) is 1. The molecule has 0 aromatic rings. The van der Waals surface area contributed by atoms with Crippen molar-refractivity contribution in [1.82, 2.24) is 0 Å². The lowest BCUT2D eigenvalue weighted by Crippen LogP contribution is -2.36. The summed E-state index contributed by atoms with van der Waals surface area (Å²) < 4.78 is 23.2. The third-order valence-corrected chi connectivity index (χ3v) is 5.99. The van der Waals surface area contributed by atoms with Crippen molar-refractivity contribution >= 4 is 9.84 Å². The van der Waals surface area contributed by atoms with Crippen molar-refractivity contribution in [2.45, 2.75) is 70.1 Å². The Morgan fingerprint density at radius 1 is 1.33 bits per heavy atom. The van der Waals surface area contributed by atoms with Gasteiger partial charge in [-0.1, -0.05) is 33.1 Å². The van der Waals surface area contributed by atoms with E-state index in [9.17, 15) is 13.5 Å². The van der Waals surface area contributed by atoms with Gasteiger partial charge in [0.25, 0.3) is 0 Å². The number of unbranched alkanes of at least 4 members (excludes halogenated alkanes) is 1. The molecule has 0 aromatic heterocycles. The summed E-state index contributed by atoms with van der Waals surface area (Å²) in [7, 11) is -2.95. The first-order chi connectivity index (χ1) is 8.36. The van der Waals surface area contributed by atoms with Gasteiger partial charge >= 0.3 is 0 Å². The van der Waals surface area contributed by atoms with E-state index in [0.717, 1.165) is 38.5 Å². The Balaban J connectivity index is 2.55. The number of rotatable bonds is 6. The second-order valence-corrected chi connectivity index (χ2v) is 8.31. The van der Waals surface area contributed by atoms with Gasteiger partial charge in [-0.3, -0.25) is 0 Å². The Kier molecular flexibility index (Phi) is 6.12. The van der Waals surface area contributed by atoms with E-state index in [4.69, 9.17) is 0 Å². The molecule has 1 rings (SSSR count). The molecule has 1 aliphatic carbocycles. The van der Waals surface area contributed by atoms with Gasteiger partial charge in [-0.2, -0.15) is 0 Å². The Morgan fingerprint density at radius 2 is 2.00 bits per heavy atom. The molecular weight excluding hydrogens is 248 g/mol. The molecule has 18 heavy (non-hydrogen) atoms. The van der Waals surface area contributed by atoms with E-state index in [1.807, 2.05) is 0 Å². The zero-order chi connectivity index (χ0) is 13.8. The minimum Gasteiger partial charge on any atom is -0.393 e. The van der Waals surface area contributed by atoms with Crippen LogP contribution in [0.15, 0.2) is 0 Å². The molecule has 0 spiro atoms. The van der Waals surface area contributed by atoms with Crippen molar-refractivity contribution in [3.05, 3.63) is 0 Å². The summed E-state index contributed by atoms with van der Waals surface area (Å²) in [6.07, 6.45) is 7.64. The Bertz CT molecular complexity index is 337. The first-order valence-corrected chi connectivity index (χ1v) is 9.18. The van der Waals surface area contributed by atoms with Crippen molar-refractivity contribution in [2.24, 2.45) is 11.8 Å². The van der Waals surface area contributed by atoms with Crippen molar-refractivity contribution in [1.29, 1.82) is 0 Å². The molecule has 3 nitrogen and oxygen atoms in total. The molecule has 0 aliphatic heterocycles. The average Bonchev–Trinajstić information content (AvgIpc) is 2.34. The van der Waals surface area contributed by atoms with Crippen molar-refractivity contribution in [3.8, 4) is 0 Å². The lowest BCUT2D eigenvalue weighted by molar-refractivity contribution is 0.0366. The Hall–Kier alpha value is -0.0900. The van der Waals surface area contributed by atoms with Crippen LogP contribution >= 0.6 is 0 Å². The summed E-state index contributed by atoms with van der Waals surface area (Å²) in [5.74, 6) is 0.457. The highest BCUT2D eigenvalue weighted by atomic mass is 32.2. The average molecular weight is 276 g/mol. The van der Waals surface area contributed by atoms with Crippen LogP contribution in [0, 0.1) is 11.8 Å². The largest absolute Gasteiger partial charge is 0.393 e. The molecule has 4 atom stereocenters. The highest BCUT2D eigenvalue weighted by Gasteiger charge is 2.34. The van der Waals surface area contributed by atoms with Gasteiger partial charge < -0.3 is 5.11 Å². The van der Waals surface area contributed by atoms with Crippen LogP contribution in [0.3, 0.4) is 0 Å². The van der Waals surface area contributed by atoms with E-state index in [1.54, 1.807) is 0 Å². The fraction of sp³-hybridized carbons (Fsp3) is 1.00. The lowest BCUT2D eigenvalue weighted by Gasteiger charge is -2.34. The molecule has 0 heterocycles. The fourth-order valence-corrected chi connectivity index (χ4v) is 4.23. The van der Waals surface area contributed by atoms with Gasteiger partial charge in [-0.05, 0) is 37.5 Å². The van der Waals surface area contributed by atoms with Gasteiger partial charge in [0.05, 0.1) is 11.4 Å². The molecule has 0 amide bonds. The third kappa shape index (κ3) is 4.54. The topological polar surface area (TPSA) is 54.4 Å². The Labute approximate surface area is 112 Å². The summed E-state index contributed by atoms with van der Waals surface area (Å²) >= 11 is 0. The normalized spacial score (nSPS) is 28.9. The molecule has 4 unspecified atom stereocenters. The number of sulfone groups is 1. The van der Waals surface area contributed by atoms with Crippen LogP contribution in [0.25, 0.3) is 0 Å². The maximum atomic E-state index is 11.6. The summed E-state index contributed by atoms with van der Waals surface area (Å²) in [4.78, 5) is 0. The standard InChI is InChI=1S/C14H28O3S/c1-4-5-7-11(2)14(15)12-8-6-9-13(10-12)18(3,16)17/h11-15H,4-10H2,1-3H3. The van der Waals surface area contributed by atoms with Crippen molar-refractivity contribution in [3.63, 3.8) is 0 Å². The van der Waals surface area contributed by atoms with E-state index in [0.29, 0.717) is 6.42 Å². The maximum Gasteiger partial charge on any atom is 0.150 e. The molecule has 0 radical (unpaired) electrons. The van der Waals surface area contributed by atoms with Gasteiger partial charge in [0.1, 0.15) is 9.84 Å². The molecule has 1 fully saturated rings. The van der Waals surface area contributed by atoms with Crippen LogP contribution in [0.4, 0.5) is 0 Å². The highest BCUT2D eigenvalue weighted by Crippen LogP contribution is 2.33. The second-order valence-electron chi connectivity index (χ2n) is 5.99. The summed E-state index contributed by atoms with van der Waals surface area (Å²) in [5, 5.41) is 10.1. The zero-order valence-corrected chi connectivity index (χ0v) is 12.7. The predicted octanol–water partition coefficient (Wildman–Crippen LogP) is 2.78. The van der Waals surface area contributed by atoms with E-state index in [-0.39, 0.29) is 23.2 Å². The molecule has 108 valence electrons. The second kappa shape index (κ2) is 6.90. The Morgan fingerprint density at radius 3 is 2.56 bits per heavy atom. The summed E-state index contributed by atoms with van der Waals surface area (Å²) in [5.41, 5.74) is 0. The van der Waals surface area contributed by atoms with E-state index in [2.05, 4.69) is 13.8 Å². The maximum absolute atomic E-state index is 11.6. The van der Waals surface area contributed by atoms with Gasteiger partial charge in [-0.15, -0.1) is 0 Å². The number of aliphatic hydroxyl groups is 1.